The zero-order valence-corrected chi connectivity index (χ0v) is 17.1. The quantitative estimate of drug-likeness (QED) is 0.448. The number of hydrogen-bond acceptors (Lipinski definition) is 6. The third kappa shape index (κ3) is 8.67. The number of halogens is 1. The van der Waals surface area contributed by atoms with Crippen molar-refractivity contribution in [1.29, 1.82) is 0 Å². The van der Waals surface area contributed by atoms with E-state index in [0.717, 1.165) is 0 Å². The van der Waals surface area contributed by atoms with Gasteiger partial charge in [-0.15, -0.1) is 0 Å². The molecule has 0 saturated heterocycles. The molecular weight excluding hydrogens is 420 g/mol. The molecule has 27 heavy (non-hydrogen) atoms. The van der Waals surface area contributed by atoms with Crippen molar-refractivity contribution < 1.29 is 28.7 Å². The number of esters is 1. The molecule has 0 saturated carbocycles. The van der Waals surface area contributed by atoms with Gasteiger partial charge in [-0.05, 0) is 24.1 Å². The summed E-state index contributed by atoms with van der Waals surface area (Å²) in [4.78, 5) is 46.9. The highest BCUT2D eigenvalue weighted by molar-refractivity contribution is 9.10. The summed E-state index contributed by atoms with van der Waals surface area (Å²) in [6.45, 7) is 3.65. The lowest BCUT2D eigenvalue weighted by molar-refractivity contribution is -0.148. The standard InChI is InChI=1S/C18H23BrN2O6/c1-11(2)9-20-18(25)21-16(23)10-27-17(24)7-5-14(22)13-8-12(19)4-6-15(13)26-3/h4,6,8,11H,5,7,9-10H2,1-3H3,(H2,20,21,23,25). The van der Waals surface area contributed by atoms with Gasteiger partial charge in [0.2, 0.25) is 0 Å². The summed E-state index contributed by atoms with van der Waals surface area (Å²) in [7, 11) is 1.45. The molecule has 0 radical (unpaired) electrons. The summed E-state index contributed by atoms with van der Waals surface area (Å²) in [5, 5.41) is 4.55. The van der Waals surface area contributed by atoms with Crippen molar-refractivity contribution in [2.75, 3.05) is 20.3 Å². The molecule has 0 heterocycles. The number of carbonyl (C=O) groups excluding carboxylic acids is 4. The summed E-state index contributed by atoms with van der Waals surface area (Å²) in [6.07, 6.45) is -0.288. The Morgan fingerprint density at radius 1 is 1.15 bits per heavy atom. The number of benzene rings is 1. The van der Waals surface area contributed by atoms with Crippen LogP contribution in [0, 0.1) is 5.92 Å². The smallest absolute Gasteiger partial charge is 0.321 e. The van der Waals surface area contributed by atoms with Crippen LogP contribution in [0.4, 0.5) is 4.79 Å². The Labute approximate surface area is 166 Å². The van der Waals surface area contributed by atoms with Gasteiger partial charge in [0.05, 0.1) is 19.1 Å². The molecule has 0 aromatic heterocycles. The van der Waals surface area contributed by atoms with Gasteiger partial charge < -0.3 is 14.8 Å². The molecule has 8 nitrogen and oxygen atoms in total. The summed E-state index contributed by atoms with van der Waals surface area (Å²) >= 11 is 3.28. The second kappa shape index (κ2) is 11.3. The Hall–Kier alpha value is -2.42. The van der Waals surface area contributed by atoms with Crippen LogP contribution in [0.25, 0.3) is 0 Å². The number of imide groups is 1. The van der Waals surface area contributed by atoms with Gasteiger partial charge in [-0.1, -0.05) is 29.8 Å². The molecule has 3 amide bonds. The van der Waals surface area contributed by atoms with Gasteiger partial charge in [-0.2, -0.15) is 0 Å². The summed E-state index contributed by atoms with van der Waals surface area (Å²) in [6, 6.07) is 4.33. The van der Waals surface area contributed by atoms with Gasteiger partial charge >= 0.3 is 12.0 Å². The number of nitrogens with one attached hydrogen (secondary N) is 2. The highest BCUT2D eigenvalue weighted by Gasteiger charge is 2.16. The Balaban J connectivity index is 2.39. The molecule has 0 spiro atoms. The van der Waals surface area contributed by atoms with Gasteiger partial charge in [0.15, 0.2) is 12.4 Å². The number of ketones is 1. The highest BCUT2D eigenvalue weighted by atomic mass is 79.9. The van der Waals surface area contributed by atoms with E-state index in [1.54, 1.807) is 18.2 Å². The molecule has 0 atom stereocenters. The number of methoxy groups -OCH3 is 1. The van der Waals surface area contributed by atoms with Crippen molar-refractivity contribution in [3.05, 3.63) is 28.2 Å². The topological polar surface area (TPSA) is 111 Å². The first-order valence-corrected chi connectivity index (χ1v) is 9.12. The van der Waals surface area contributed by atoms with E-state index in [2.05, 4.69) is 21.2 Å². The van der Waals surface area contributed by atoms with E-state index in [9.17, 15) is 19.2 Å². The van der Waals surface area contributed by atoms with Gasteiger partial charge in [0.25, 0.3) is 5.91 Å². The lowest BCUT2D eigenvalue weighted by atomic mass is 10.1. The van der Waals surface area contributed by atoms with E-state index < -0.39 is 24.5 Å². The lowest BCUT2D eigenvalue weighted by Gasteiger charge is -2.09. The van der Waals surface area contributed by atoms with Crippen LogP contribution in [-0.2, 0) is 14.3 Å². The van der Waals surface area contributed by atoms with Crippen molar-refractivity contribution >= 4 is 39.6 Å². The largest absolute Gasteiger partial charge is 0.496 e. The number of hydrogen-bond donors (Lipinski definition) is 2. The minimum Gasteiger partial charge on any atom is -0.496 e. The molecule has 1 aromatic carbocycles. The molecular formula is C18H23BrN2O6. The van der Waals surface area contributed by atoms with Crippen LogP contribution in [0.15, 0.2) is 22.7 Å². The molecule has 0 aliphatic carbocycles. The van der Waals surface area contributed by atoms with Crippen LogP contribution in [0.1, 0.15) is 37.0 Å². The number of carbonyl (C=O) groups is 4. The molecule has 1 aromatic rings. The van der Waals surface area contributed by atoms with Gasteiger partial charge in [0.1, 0.15) is 5.75 Å². The number of ether oxygens (including phenoxy) is 2. The van der Waals surface area contributed by atoms with Crippen LogP contribution < -0.4 is 15.4 Å². The molecule has 0 unspecified atom stereocenters. The van der Waals surface area contributed by atoms with Crippen molar-refractivity contribution in [2.45, 2.75) is 26.7 Å². The molecule has 148 valence electrons. The van der Waals surface area contributed by atoms with E-state index in [0.29, 0.717) is 22.3 Å². The summed E-state index contributed by atoms with van der Waals surface area (Å²) in [5.41, 5.74) is 0.347. The normalized spacial score (nSPS) is 10.3. The lowest BCUT2D eigenvalue weighted by Crippen LogP contribution is -2.42. The third-order valence-electron chi connectivity index (χ3n) is 3.31. The fraction of sp³-hybridized carbons (Fsp3) is 0.444. The maximum atomic E-state index is 12.3. The average Bonchev–Trinajstić information content (AvgIpc) is 2.62. The van der Waals surface area contributed by atoms with Crippen molar-refractivity contribution in [3.63, 3.8) is 0 Å². The second-order valence-electron chi connectivity index (χ2n) is 6.08. The minimum atomic E-state index is -0.746. The van der Waals surface area contributed by atoms with E-state index in [1.807, 2.05) is 19.2 Å². The predicted octanol–water partition coefficient (Wildman–Crippen LogP) is 2.45. The monoisotopic (exact) mass is 442 g/mol. The second-order valence-corrected chi connectivity index (χ2v) is 7.00. The average molecular weight is 443 g/mol. The van der Waals surface area contributed by atoms with Crippen LogP contribution >= 0.6 is 15.9 Å². The predicted molar refractivity (Wildman–Crippen MR) is 102 cm³/mol. The highest BCUT2D eigenvalue weighted by Crippen LogP contribution is 2.24. The first-order chi connectivity index (χ1) is 12.7. The first-order valence-electron chi connectivity index (χ1n) is 8.33. The number of Topliss-reactive ketones (excluding diaryl/α,β-unsaturated/α-hetero) is 1. The number of amides is 3. The van der Waals surface area contributed by atoms with Gasteiger partial charge in [0, 0.05) is 17.4 Å². The minimum absolute atomic E-state index is 0.0951. The van der Waals surface area contributed by atoms with E-state index >= 15 is 0 Å². The SMILES string of the molecule is COc1ccc(Br)cc1C(=O)CCC(=O)OCC(=O)NC(=O)NCC(C)C. The summed E-state index contributed by atoms with van der Waals surface area (Å²) < 4.78 is 10.6. The van der Waals surface area contributed by atoms with Crippen molar-refractivity contribution in [3.8, 4) is 5.75 Å². The Morgan fingerprint density at radius 2 is 1.85 bits per heavy atom. The molecule has 0 bridgehead atoms. The fourth-order valence-corrected chi connectivity index (χ4v) is 2.33. The Bertz CT molecular complexity index is 705. The maximum absolute atomic E-state index is 12.3. The zero-order chi connectivity index (χ0) is 20.4. The Morgan fingerprint density at radius 3 is 2.48 bits per heavy atom. The maximum Gasteiger partial charge on any atom is 0.321 e. The molecule has 0 aliphatic heterocycles. The third-order valence-corrected chi connectivity index (χ3v) is 3.80. The van der Waals surface area contributed by atoms with E-state index in [4.69, 9.17) is 9.47 Å². The molecule has 1 rings (SSSR count). The van der Waals surface area contributed by atoms with Crippen molar-refractivity contribution in [2.24, 2.45) is 5.92 Å². The first kappa shape index (κ1) is 22.6. The van der Waals surface area contributed by atoms with Crippen LogP contribution in [0.3, 0.4) is 0 Å². The van der Waals surface area contributed by atoms with Crippen LogP contribution in [-0.4, -0.2) is 44.0 Å². The number of rotatable bonds is 9. The summed E-state index contributed by atoms with van der Waals surface area (Å²) in [5.74, 6) is -1.10. The van der Waals surface area contributed by atoms with Crippen LogP contribution in [0.2, 0.25) is 0 Å². The molecule has 2 N–H and O–H groups in total. The number of urea groups is 1. The molecule has 0 aliphatic rings. The van der Waals surface area contributed by atoms with Crippen LogP contribution in [0.5, 0.6) is 5.75 Å². The van der Waals surface area contributed by atoms with Gasteiger partial charge in [-0.3, -0.25) is 19.7 Å². The molecule has 9 heteroatoms. The van der Waals surface area contributed by atoms with E-state index in [-0.39, 0.29) is 24.5 Å². The molecule has 0 fully saturated rings. The van der Waals surface area contributed by atoms with Gasteiger partial charge in [-0.25, -0.2) is 4.79 Å². The Kier molecular flexibility index (Phi) is 9.49. The fourth-order valence-electron chi connectivity index (χ4n) is 1.97. The van der Waals surface area contributed by atoms with E-state index in [1.165, 1.54) is 7.11 Å². The van der Waals surface area contributed by atoms with Crippen molar-refractivity contribution in [1.82, 2.24) is 10.6 Å². The zero-order valence-electron chi connectivity index (χ0n) is 15.5.